The zero-order valence-corrected chi connectivity index (χ0v) is 16.9. The first kappa shape index (κ1) is 20.9. The zero-order chi connectivity index (χ0) is 21.7. The molecule has 0 unspecified atom stereocenters. The van der Waals surface area contributed by atoms with E-state index in [0.29, 0.717) is 22.2 Å². The Morgan fingerprint density at radius 2 is 1.97 bits per heavy atom. The molecule has 0 fully saturated rings. The summed E-state index contributed by atoms with van der Waals surface area (Å²) in [7, 11) is 1.59. The summed E-state index contributed by atoms with van der Waals surface area (Å²) in [5, 5.41) is 25.4. The van der Waals surface area contributed by atoms with E-state index in [4.69, 9.17) is 0 Å². The molecule has 1 aromatic heterocycles. The number of hydrogen-bond acceptors (Lipinski definition) is 8. The number of carbonyl (C=O) groups excluding carboxylic acids is 2. The number of nitrogens with zero attached hydrogens (tertiary/aromatic N) is 6. The molecule has 0 bridgehead atoms. The van der Waals surface area contributed by atoms with Crippen LogP contribution >= 0.6 is 11.8 Å². The summed E-state index contributed by atoms with van der Waals surface area (Å²) in [5.74, 6) is -0.368. The third-order valence-electron chi connectivity index (χ3n) is 4.00. The topological polar surface area (TPSA) is 136 Å². The van der Waals surface area contributed by atoms with Crippen molar-refractivity contribution in [1.82, 2.24) is 20.2 Å². The molecule has 0 spiro atoms. The molecule has 0 atom stereocenters. The summed E-state index contributed by atoms with van der Waals surface area (Å²) >= 11 is 1.15. The smallest absolute Gasteiger partial charge is 0.269 e. The SMILES string of the molecule is CC(=O)Nc1cccc(-n2nnnc2SCC(=O)N(C)c2ccc([N+](=O)[O-])cc2)c1. The molecular weight excluding hydrogens is 410 g/mol. The van der Waals surface area contributed by atoms with Crippen molar-refractivity contribution in [2.24, 2.45) is 0 Å². The summed E-state index contributed by atoms with van der Waals surface area (Å²) in [6.45, 7) is 1.41. The Morgan fingerprint density at radius 3 is 2.63 bits per heavy atom. The van der Waals surface area contributed by atoms with Crippen molar-refractivity contribution in [2.75, 3.05) is 23.0 Å². The lowest BCUT2D eigenvalue weighted by molar-refractivity contribution is -0.384. The third kappa shape index (κ3) is 4.97. The Bertz CT molecular complexity index is 1080. The van der Waals surface area contributed by atoms with Gasteiger partial charge in [-0.1, -0.05) is 17.8 Å². The van der Waals surface area contributed by atoms with Crippen LogP contribution in [0.4, 0.5) is 17.1 Å². The fourth-order valence-electron chi connectivity index (χ4n) is 2.51. The maximum atomic E-state index is 12.5. The zero-order valence-electron chi connectivity index (χ0n) is 16.1. The van der Waals surface area contributed by atoms with Crippen molar-refractivity contribution >= 4 is 40.6 Å². The number of nitrogens with one attached hydrogen (secondary N) is 1. The van der Waals surface area contributed by atoms with Gasteiger partial charge in [-0.15, -0.1) is 5.10 Å². The van der Waals surface area contributed by atoms with Gasteiger partial charge in [0.05, 0.1) is 16.4 Å². The molecular formula is C18H17N7O4S. The monoisotopic (exact) mass is 427 g/mol. The molecule has 1 N–H and O–H groups in total. The fourth-order valence-corrected chi connectivity index (χ4v) is 3.32. The number of nitro benzene ring substituents is 1. The maximum absolute atomic E-state index is 12.5. The van der Waals surface area contributed by atoms with Gasteiger partial charge in [0.1, 0.15) is 0 Å². The van der Waals surface area contributed by atoms with E-state index in [1.807, 2.05) is 0 Å². The predicted octanol–water partition coefficient (Wildman–Crippen LogP) is 2.28. The van der Waals surface area contributed by atoms with E-state index in [-0.39, 0.29) is 23.3 Å². The van der Waals surface area contributed by atoms with Crippen molar-refractivity contribution in [2.45, 2.75) is 12.1 Å². The minimum Gasteiger partial charge on any atom is -0.326 e. The van der Waals surface area contributed by atoms with Gasteiger partial charge in [0.2, 0.25) is 17.0 Å². The number of carbonyl (C=O) groups is 2. The first-order valence-electron chi connectivity index (χ1n) is 8.65. The van der Waals surface area contributed by atoms with Gasteiger partial charge in [0.25, 0.3) is 5.69 Å². The highest BCUT2D eigenvalue weighted by atomic mass is 32.2. The number of hydrogen-bond donors (Lipinski definition) is 1. The second-order valence-corrected chi connectivity index (χ2v) is 7.06. The predicted molar refractivity (Wildman–Crippen MR) is 111 cm³/mol. The number of amides is 2. The van der Waals surface area contributed by atoms with Crippen molar-refractivity contribution in [3.05, 3.63) is 58.6 Å². The highest BCUT2D eigenvalue weighted by molar-refractivity contribution is 7.99. The number of tetrazole rings is 1. The molecule has 1 heterocycles. The molecule has 11 nitrogen and oxygen atoms in total. The normalized spacial score (nSPS) is 10.5. The number of aromatic nitrogens is 4. The van der Waals surface area contributed by atoms with E-state index in [2.05, 4.69) is 20.8 Å². The van der Waals surface area contributed by atoms with E-state index < -0.39 is 4.92 Å². The van der Waals surface area contributed by atoms with Crippen LogP contribution in [0.1, 0.15) is 6.92 Å². The fraction of sp³-hybridized carbons (Fsp3) is 0.167. The molecule has 0 radical (unpaired) electrons. The van der Waals surface area contributed by atoms with Crippen LogP contribution in [0.25, 0.3) is 5.69 Å². The molecule has 2 aromatic carbocycles. The van der Waals surface area contributed by atoms with Crippen LogP contribution in [-0.2, 0) is 9.59 Å². The molecule has 30 heavy (non-hydrogen) atoms. The van der Waals surface area contributed by atoms with Crippen LogP contribution in [0, 0.1) is 10.1 Å². The minimum absolute atomic E-state index is 0.0466. The third-order valence-corrected chi connectivity index (χ3v) is 4.90. The molecule has 2 amide bonds. The van der Waals surface area contributed by atoms with Crippen molar-refractivity contribution in [3.63, 3.8) is 0 Å². The second-order valence-electron chi connectivity index (χ2n) is 6.12. The van der Waals surface area contributed by atoms with Crippen LogP contribution < -0.4 is 10.2 Å². The van der Waals surface area contributed by atoms with Gasteiger partial charge in [-0.2, -0.15) is 4.68 Å². The molecule has 0 aliphatic carbocycles. The number of anilines is 2. The largest absolute Gasteiger partial charge is 0.326 e. The molecule has 0 aliphatic heterocycles. The van der Waals surface area contributed by atoms with Gasteiger partial charge < -0.3 is 10.2 Å². The minimum atomic E-state index is -0.498. The average Bonchev–Trinajstić information content (AvgIpc) is 3.20. The summed E-state index contributed by atoms with van der Waals surface area (Å²) in [4.78, 5) is 35.4. The molecule has 0 saturated carbocycles. The first-order valence-corrected chi connectivity index (χ1v) is 9.64. The Hall–Kier alpha value is -3.80. The lowest BCUT2D eigenvalue weighted by Gasteiger charge is -2.16. The Kier molecular flexibility index (Phi) is 6.37. The standard InChI is InChI=1S/C18H17N7O4S/c1-12(26)19-13-4-3-5-16(10-13)24-18(20-21-22-24)30-11-17(27)23(2)14-6-8-15(9-7-14)25(28)29/h3-10H,11H2,1-2H3,(H,19,26). The molecule has 154 valence electrons. The van der Waals surface area contributed by atoms with E-state index >= 15 is 0 Å². The van der Waals surface area contributed by atoms with E-state index in [1.165, 1.54) is 40.8 Å². The van der Waals surface area contributed by atoms with Gasteiger partial charge >= 0.3 is 0 Å². The number of rotatable bonds is 7. The number of thioether (sulfide) groups is 1. The van der Waals surface area contributed by atoms with Gasteiger partial charge in [0, 0.05) is 37.5 Å². The van der Waals surface area contributed by atoms with E-state index in [9.17, 15) is 19.7 Å². The van der Waals surface area contributed by atoms with Crippen molar-refractivity contribution in [3.8, 4) is 5.69 Å². The van der Waals surface area contributed by atoms with E-state index in [0.717, 1.165) is 11.8 Å². The van der Waals surface area contributed by atoms with Crippen molar-refractivity contribution < 1.29 is 14.5 Å². The average molecular weight is 427 g/mol. The molecule has 0 saturated heterocycles. The van der Waals surface area contributed by atoms with Crippen LogP contribution in [0.15, 0.2) is 53.7 Å². The first-order chi connectivity index (χ1) is 14.3. The number of non-ortho nitro benzene ring substituents is 1. The second kappa shape index (κ2) is 9.13. The number of benzene rings is 2. The highest BCUT2D eigenvalue weighted by Gasteiger charge is 2.16. The van der Waals surface area contributed by atoms with Gasteiger partial charge in [0.15, 0.2) is 0 Å². The quantitative estimate of drug-likeness (QED) is 0.344. The highest BCUT2D eigenvalue weighted by Crippen LogP contribution is 2.23. The Labute approximate surface area is 175 Å². The summed E-state index contributed by atoms with van der Waals surface area (Å²) in [5.41, 5.74) is 1.72. The lowest BCUT2D eigenvalue weighted by atomic mass is 10.2. The van der Waals surface area contributed by atoms with E-state index in [1.54, 1.807) is 31.3 Å². The van der Waals surface area contributed by atoms with Gasteiger partial charge in [-0.05, 0) is 40.8 Å². The molecule has 12 heteroatoms. The van der Waals surface area contributed by atoms with Crippen LogP contribution in [0.2, 0.25) is 0 Å². The number of nitro groups is 1. The molecule has 3 aromatic rings. The molecule has 3 rings (SSSR count). The summed E-state index contributed by atoms with van der Waals surface area (Å²) in [6.07, 6.45) is 0. The molecule has 0 aliphatic rings. The van der Waals surface area contributed by atoms with Gasteiger partial charge in [-0.25, -0.2) is 0 Å². The lowest BCUT2D eigenvalue weighted by Crippen LogP contribution is -2.28. The van der Waals surface area contributed by atoms with Gasteiger partial charge in [-0.3, -0.25) is 19.7 Å². The Balaban J connectivity index is 1.68. The maximum Gasteiger partial charge on any atom is 0.269 e. The van der Waals surface area contributed by atoms with Crippen molar-refractivity contribution in [1.29, 1.82) is 0 Å². The van der Waals surface area contributed by atoms with Crippen LogP contribution in [0.3, 0.4) is 0 Å². The summed E-state index contributed by atoms with van der Waals surface area (Å²) in [6, 6.07) is 12.7. The Morgan fingerprint density at radius 1 is 1.23 bits per heavy atom. The van der Waals surface area contributed by atoms with Crippen LogP contribution in [0.5, 0.6) is 0 Å². The summed E-state index contributed by atoms with van der Waals surface area (Å²) < 4.78 is 1.47. The van der Waals surface area contributed by atoms with Crippen LogP contribution in [-0.4, -0.2) is 49.7 Å².